The van der Waals surface area contributed by atoms with Crippen LogP contribution in [0.3, 0.4) is 0 Å². The number of carbonyl (C=O) groups excluding carboxylic acids is 2. The number of nitrogens with zero attached hydrogens (tertiary/aromatic N) is 3. The van der Waals surface area contributed by atoms with Crippen LogP contribution in [0.15, 0.2) is 65.9 Å². The topological polar surface area (TPSA) is 114 Å². The van der Waals surface area contributed by atoms with Crippen molar-refractivity contribution in [2.75, 3.05) is 4.90 Å². The molecular formula is C20H12ClN3O5S. The Labute approximate surface area is 178 Å². The molecule has 1 unspecified atom stereocenters. The Morgan fingerprint density at radius 3 is 2.53 bits per heavy atom. The Hall–Kier alpha value is -3.56. The molecule has 1 atom stereocenters. The number of non-ortho nitro benzene ring substituents is 1. The zero-order valence-corrected chi connectivity index (χ0v) is 16.6. The number of halogens is 1. The lowest BCUT2D eigenvalue weighted by atomic mass is 9.87. The van der Waals surface area contributed by atoms with Crippen LogP contribution >= 0.6 is 22.9 Å². The van der Waals surface area contributed by atoms with Crippen LogP contribution in [0, 0.1) is 10.1 Å². The molecule has 0 saturated carbocycles. The molecular weight excluding hydrogens is 430 g/mol. The summed E-state index contributed by atoms with van der Waals surface area (Å²) in [4.78, 5) is 42.4. The fourth-order valence-electron chi connectivity index (χ4n) is 3.25. The summed E-state index contributed by atoms with van der Waals surface area (Å²) < 4.78 is 0. The van der Waals surface area contributed by atoms with Crippen LogP contribution in [0.4, 0.5) is 10.8 Å². The number of rotatable bonds is 4. The molecule has 0 radical (unpaired) electrons. The molecule has 1 aliphatic heterocycles. The van der Waals surface area contributed by atoms with E-state index in [0.29, 0.717) is 10.6 Å². The number of thiazole rings is 1. The second-order valence-corrected chi connectivity index (χ2v) is 7.65. The first-order chi connectivity index (χ1) is 14.4. The SMILES string of the molecule is O=C1C(c2ccc(Cl)cc2)=C(O)C(=O)N(c2nccs2)C1c1cccc([N+](=O)[O-])c1. The van der Waals surface area contributed by atoms with E-state index in [2.05, 4.69) is 4.98 Å². The van der Waals surface area contributed by atoms with Crippen LogP contribution in [0.5, 0.6) is 0 Å². The Morgan fingerprint density at radius 2 is 1.90 bits per heavy atom. The van der Waals surface area contributed by atoms with Crippen molar-refractivity contribution >= 4 is 51.0 Å². The molecule has 0 saturated heterocycles. The number of aromatic nitrogens is 1. The van der Waals surface area contributed by atoms with Crippen molar-refractivity contribution in [1.29, 1.82) is 0 Å². The second kappa shape index (κ2) is 7.69. The molecule has 8 nitrogen and oxygen atoms in total. The number of aliphatic hydroxyl groups is 1. The average Bonchev–Trinajstić information content (AvgIpc) is 3.26. The highest BCUT2D eigenvalue weighted by Gasteiger charge is 2.44. The van der Waals surface area contributed by atoms with Crippen molar-refractivity contribution in [3.63, 3.8) is 0 Å². The Balaban J connectivity index is 1.92. The largest absolute Gasteiger partial charge is 0.502 e. The number of Topliss-reactive ketones (excluding diaryl/α,β-unsaturated/α-hetero) is 1. The van der Waals surface area contributed by atoms with Gasteiger partial charge in [0.15, 0.2) is 16.7 Å². The van der Waals surface area contributed by atoms with Gasteiger partial charge in [0.05, 0.1) is 10.5 Å². The lowest BCUT2D eigenvalue weighted by Gasteiger charge is -2.33. The Bertz CT molecular complexity index is 1190. The third-order valence-corrected chi connectivity index (χ3v) is 5.59. The molecule has 0 bridgehead atoms. The lowest BCUT2D eigenvalue weighted by Crippen LogP contribution is -2.44. The quantitative estimate of drug-likeness (QED) is 0.476. The molecule has 0 spiro atoms. The van der Waals surface area contributed by atoms with Gasteiger partial charge in [-0.1, -0.05) is 35.9 Å². The zero-order valence-electron chi connectivity index (χ0n) is 15.1. The normalized spacial score (nSPS) is 16.8. The van der Waals surface area contributed by atoms with Crippen LogP contribution in [0.25, 0.3) is 5.57 Å². The van der Waals surface area contributed by atoms with E-state index < -0.39 is 28.4 Å². The standard InChI is InChI=1S/C20H12ClN3O5S/c21-13-6-4-11(5-7-13)15-17(25)16(12-2-1-3-14(10-12)24(28)29)23(19(27)18(15)26)20-22-8-9-30-20/h1-10,16,26H. The second-order valence-electron chi connectivity index (χ2n) is 6.34. The number of anilines is 1. The number of hydrogen-bond acceptors (Lipinski definition) is 7. The van der Waals surface area contributed by atoms with Gasteiger partial charge in [-0.15, -0.1) is 11.3 Å². The third kappa shape index (κ3) is 3.34. The maximum Gasteiger partial charge on any atom is 0.296 e. The highest BCUT2D eigenvalue weighted by Crippen LogP contribution is 2.40. The summed E-state index contributed by atoms with van der Waals surface area (Å²) in [7, 11) is 0. The zero-order chi connectivity index (χ0) is 21.4. The number of carbonyl (C=O) groups is 2. The fourth-order valence-corrected chi connectivity index (χ4v) is 4.04. The van der Waals surface area contributed by atoms with Gasteiger partial charge in [0.25, 0.3) is 11.6 Å². The molecule has 1 N–H and O–H groups in total. The van der Waals surface area contributed by atoms with E-state index in [1.165, 1.54) is 54.7 Å². The molecule has 1 aromatic heterocycles. The molecule has 3 aromatic rings. The van der Waals surface area contributed by atoms with Gasteiger partial charge < -0.3 is 5.11 Å². The van der Waals surface area contributed by atoms with Crippen molar-refractivity contribution in [3.05, 3.63) is 92.1 Å². The number of benzene rings is 2. The molecule has 1 aliphatic rings. The van der Waals surface area contributed by atoms with Gasteiger partial charge in [0.1, 0.15) is 6.04 Å². The van der Waals surface area contributed by atoms with Gasteiger partial charge in [0.2, 0.25) is 0 Å². The van der Waals surface area contributed by atoms with Crippen LogP contribution in [-0.2, 0) is 9.59 Å². The summed E-state index contributed by atoms with van der Waals surface area (Å²) in [5, 5.41) is 24.1. The minimum absolute atomic E-state index is 0.180. The van der Waals surface area contributed by atoms with Crippen LogP contribution in [0.1, 0.15) is 17.2 Å². The van der Waals surface area contributed by atoms with Gasteiger partial charge in [-0.25, -0.2) is 4.98 Å². The fraction of sp³-hybridized carbons (Fsp3) is 0.0500. The maximum absolute atomic E-state index is 13.5. The number of nitro groups is 1. The first-order valence-corrected chi connectivity index (χ1v) is 9.85. The first-order valence-electron chi connectivity index (χ1n) is 8.59. The highest BCUT2D eigenvalue weighted by atomic mass is 35.5. The maximum atomic E-state index is 13.5. The van der Waals surface area contributed by atoms with E-state index in [4.69, 9.17) is 11.6 Å². The molecule has 2 aromatic carbocycles. The van der Waals surface area contributed by atoms with E-state index in [1.807, 2.05) is 0 Å². The van der Waals surface area contributed by atoms with Crippen LogP contribution in [-0.4, -0.2) is 26.7 Å². The monoisotopic (exact) mass is 441 g/mol. The summed E-state index contributed by atoms with van der Waals surface area (Å²) >= 11 is 7.01. The molecule has 10 heteroatoms. The molecule has 0 fully saturated rings. The van der Waals surface area contributed by atoms with Gasteiger partial charge in [-0.2, -0.15) is 0 Å². The average molecular weight is 442 g/mol. The van der Waals surface area contributed by atoms with Crippen molar-refractivity contribution in [1.82, 2.24) is 4.98 Å². The molecule has 150 valence electrons. The molecule has 2 heterocycles. The smallest absolute Gasteiger partial charge is 0.296 e. The lowest BCUT2D eigenvalue weighted by molar-refractivity contribution is -0.384. The predicted molar refractivity (Wildman–Crippen MR) is 111 cm³/mol. The summed E-state index contributed by atoms with van der Waals surface area (Å²) in [6.07, 6.45) is 1.46. The van der Waals surface area contributed by atoms with Gasteiger partial charge >= 0.3 is 0 Å². The Morgan fingerprint density at radius 1 is 1.17 bits per heavy atom. The van der Waals surface area contributed by atoms with Crippen molar-refractivity contribution in [2.24, 2.45) is 0 Å². The summed E-state index contributed by atoms with van der Waals surface area (Å²) in [5.41, 5.74) is 0.140. The van der Waals surface area contributed by atoms with E-state index in [0.717, 1.165) is 16.2 Å². The minimum atomic E-state index is -1.23. The van der Waals surface area contributed by atoms with Gasteiger partial charge in [-0.05, 0) is 23.3 Å². The summed E-state index contributed by atoms with van der Waals surface area (Å²) in [6, 6.07) is 10.3. The number of aliphatic hydroxyl groups excluding tert-OH is 1. The highest BCUT2D eigenvalue weighted by molar-refractivity contribution is 7.13. The van der Waals surface area contributed by atoms with Crippen molar-refractivity contribution in [2.45, 2.75) is 6.04 Å². The Kier molecular flexibility index (Phi) is 5.06. The van der Waals surface area contributed by atoms with Gasteiger partial charge in [-0.3, -0.25) is 24.6 Å². The van der Waals surface area contributed by atoms with E-state index in [-0.39, 0.29) is 22.0 Å². The van der Waals surface area contributed by atoms with Crippen molar-refractivity contribution in [3.8, 4) is 0 Å². The van der Waals surface area contributed by atoms with Crippen molar-refractivity contribution < 1.29 is 19.6 Å². The van der Waals surface area contributed by atoms with E-state index in [9.17, 15) is 24.8 Å². The number of ketones is 1. The first kappa shape index (κ1) is 19.7. The molecule has 30 heavy (non-hydrogen) atoms. The van der Waals surface area contributed by atoms with E-state index in [1.54, 1.807) is 5.38 Å². The number of amides is 1. The van der Waals surface area contributed by atoms with Crippen LogP contribution < -0.4 is 4.90 Å². The van der Waals surface area contributed by atoms with Crippen LogP contribution in [0.2, 0.25) is 5.02 Å². The molecule has 1 amide bonds. The summed E-state index contributed by atoms with van der Waals surface area (Å²) in [6.45, 7) is 0. The number of nitro benzene ring substituents is 1. The van der Waals surface area contributed by atoms with E-state index >= 15 is 0 Å². The number of hydrogen-bond donors (Lipinski definition) is 1. The third-order valence-electron chi connectivity index (χ3n) is 4.57. The molecule has 0 aliphatic carbocycles. The minimum Gasteiger partial charge on any atom is -0.502 e. The summed E-state index contributed by atoms with van der Waals surface area (Å²) in [5.74, 6) is -2.14. The predicted octanol–water partition coefficient (Wildman–Crippen LogP) is 4.33. The molecule has 4 rings (SSSR count). The van der Waals surface area contributed by atoms with Gasteiger partial charge in [0, 0.05) is 28.7 Å².